The Bertz CT molecular complexity index is 681. The summed E-state index contributed by atoms with van der Waals surface area (Å²) in [4.78, 5) is 25.1. The Morgan fingerprint density at radius 3 is 2.54 bits per heavy atom. The number of hydrogen-bond acceptors (Lipinski definition) is 3. The molecule has 5 heteroatoms. The van der Waals surface area contributed by atoms with E-state index in [2.05, 4.69) is 10.6 Å². The van der Waals surface area contributed by atoms with E-state index < -0.39 is 6.04 Å². The summed E-state index contributed by atoms with van der Waals surface area (Å²) in [5.41, 5.74) is 2.02. The Balaban J connectivity index is 1.68. The monoisotopic (exact) mass is 342 g/mol. The lowest BCUT2D eigenvalue weighted by atomic mass is 10.0. The Hall–Kier alpha value is -2.14. The van der Waals surface area contributed by atoms with E-state index in [1.165, 1.54) is 0 Å². The first-order chi connectivity index (χ1) is 11.6. The van der Waals surface area contributed by atoms with Gasteiger partial charge in [-0.2, -0.15) is 11.3 Å². The maximum absolute atomic E-state index is 12.6. The van der Waals surface area contributed by atoms with Crippen molar-refractivity contribution in [3.63, 3.8) is 0 Å². The van der Waals surface area contributed by atoms with Crippen LogP contribution in [0.15, 0.2) is 47.2 Å². The molecule has 2 amide bonds. The van der Waals surface area contributed by atoms with Crippen molar-refractivity contribution < 1.29 is 9.59 Å². The third-order valence-electron chi connectivity index (χ3n) is 4.28. The van der Waals surface area contributed by atoms with E-state index in [-0.39, 0.29) is 23.8 Å². The maximum atomic E-state index is 12.6. The normalized spacial score (nSPS) is 16.2. The van der Waals surface area contributed by atoms with Gasteiger partial charge in [-0.05, 0) is 47.7 Å². The molecule has 3 rings (SSSR count). The number of carbonyl (C=O) groups excluding carboxylic acids is 2. The summed E-state index contributed by atoms with van der Waals surface area (Å²) in [5, 5.41) is 9.87. The van der Waals surface area contributed by atoms with Gasteiger partial charge in [-0.1, -0.05) is 30.3 Å². The number of hydrogen-bond donors (Lipinski definition) is 2. The van der Waals surface area contributed by atoms with Crippen LogP contribution in [0.25, 0.3) is 0 Å². The lowest BCUT2D eigenvalue weighted by Crippen LogP contribution is -2.49. The van der Waals surface area contributed by atoms with Gasteiger partial charge in [0, 0.05) is 12.5 Å². The van der Waals surface area contributed by atoms with Crippen LogP contribution in [0.4, 0.5) is 0 Å². The Labute approximate surface area is 146 Å². The fraction of sp³-hybridized carbons (Fsp3) is 0.368. The molecule has 1 fully saturated rings. The Morgan fingerprint density at radius 1 is 1.17 bits per heavy atom. The zero-order valence-electron chi connectivity index (χ0n) is 13.7. The molecule has 1 aliphatic carbocycles. The van der Waals surface area contributed by atoms with Gasteiger partial charge in [0.25, 0.3) is 0 Å². The molecule has 2 aromatic rings. The predicted molar refractivity (Wildman–Crippen MR) is 96.0 cm³/mol. The number of rotatable bonds is 7. The second kappa shape index (κ2) is 7.62. The van der Waals surface area contributed by atoms with Crippen LogP contribution in [0.3, 0.4) is 0 Å². The fourth-order valence-electron chi connectivity index (χ4n) is 2.56. The van der Waals surface area contributed by atoms with Crippen LogP contribution in [0.1, 0.15) is 36.8 Å². The third kappa shape index (κ3) is 4.45. The van der Waals surface area contributed by atoms with E-state index in [1.807, 2.05) is 54.1 Å². The molecular weight excluding hydrogens is 320 g/mol. The second-order valence-electron chi connectivity index (χ2n) is 6.31. The van der Waals surface area contributed by atoms with Crippen molar-refractivity contribution in [3.05, 3.63) is 58.3 Å². The van der Waals surface area contributed by atoms with Crippen LogP contribution >= 0.6 is 11.3 Å². The van der Waals surface area contributed by atoms with E-state index in [0.717, 1.165) is 24.0 Å². The maximum Gasteiger partial charge on any atom is 0.243 e. The summed E-state index contributed by atoms with van der Waals surface area (Å²) in [7, 11) is 0. The van der Waals surface area contributed by atoms with Crippen LogP contribution in [-0.2, 0) is 16.0 Å². The minimum absolute atomic E-state index is 0.0905. The van der Waals surface area contributed by atoms with Crippen LogP contribution < -0.4 is 10.6 Å². The van der Waals surface area contributed by atoms with Crippen molar-refractivity contribution in [1.82, 2.24) is 10.6 Å². The van der Waals surface area contributed by atoms with Gasteiger partial charge in [0.15, 0.2) is 0 Å². The largest absolute Gasteiger partial charge is 0.352 e. The van der Waals surface area contributed by atoms with Gasteiger partial charge in [0.2, 0.25) is 11.8 Å². The highest BCUT2D eigenvalue weighted by Crippen LogP contribution is 2.20. The first-order valence-electron chi connectivity index (χ1n) is 8.30. The van der Waals surface area contributed by atoms with Gasteiger partial charge in [-0.25, -0.2) is 0 Å². The molecule has 1 aliphatic rings. The van der Waals surface area contributed by atoms with Crippen LogP contribution in [0.2, 0.25) is 0 Å². The lowest BCUT2D eigenvalue weighted by molar-refractivity contribution is -0.129. The highest BCUT2D eigenvalue weighted by atomic mass is 32.1. The minimum atomic E-state index is -0.540. The third-order valence-corrected chi connectivity index (χ3v) is 4.98. The predicted octanol–water partition coefficient (Wildman–Crippen LogP) is 2.86. The Morgan fingerprint density at radius 2 is 1.92 bits per heavy atom. The van der Waals surface area contributed by atoms with E-state index in [4.69, 9.17) is 0 Å². The molecule has 1 aromatic heterocycles. The number of carbonyl (C=O) groups is 2. The molecule has 0 spiro atoms. The van der Waals surface area contributed by atoms with Gasteiger partial charge in [-0.3, -0.25) is 9.59 Å². The highest BCUT2D eigenvalue weighted by molar-refractivity contribution is 7.08. The molecule has 1 saturated carbocycles. The van der Waals surface area contributed by atoms with Crippen LogP contribution in [-0.4, -0.2) is 23.9 Å². The van der Waals surface area contributed by atoms with Crippen molar-refractivity contribution in [3.8, 4) is 0 Å². The van der Waals surface area contributed by atoms with Gasteiger partial charge in [0.1, 0.15) is 6.04 Å². The fourth-order valence-corrected chi connectivity index (χ4v) is 3.31. The van der Waals surface area contributed by atoms with E-state index >= 15 is 0 Å². The van der Waals surface area contributed by atoms with E-state index in [9.17, 15) is 9.59 Å². The first-order valence-corrected chi connectivity index (χ1v) is 9.24. The molecule has 0 saturated heterocycles. The number of thiophene rings is 1. The van der Waals surface area contributed by atoms with Crippen molar-refractivity contribution >= 4 is 23.2 Å². The molecule has 1 aromatic carbocycles. The zero-order valence-corrected chi connectivity index (χ0v) is 14.5. The molecule has 2 N–H and O–H groups in total. The molecule has 24 heavy (non-hydrogen) atoms. The van der Waals surface area contributed by atoms with E-state index in [0.29, 0.717) is 6.42 Å². The van der Waals surface area contributed by atoms with Crippen molar-refractivity contribution in [2.45, 2.75) is 44.2 Å². The zero-order chi connectivity index (χ0) is 16.9. The van der Waals surface area contributed by atoms with Gasteiger partial charge < -0.3 is 10.6 Å². The molecule has 0 unspecified atom stereocenters. The molecule has 1 heterocycles. The van der Waals surface area contributed by atoms with Gasteiger partial charge in [-0.15, -0.1) is 0 Å². The molecule has 0 bridgehead atoms. The summed E-state index contributed by atoms with van der Waals surface area (Å²) in [5.74, 6) is -0.462. The standard InChI is InChI=1S/C19H22N2O2S/c1-13(15-9-10-24-12-15)18(22)21-17(19(23)20-16-7-8-16)11-14-5-3-2-4-6-14/h2-6,9-10,12-13,16-17H,7-8,11H2,1H3,(H,20,23)(H,21,22)/t13-,17+/m1/s1. The molecule has 0 radical (unpaired) electrons. The van der Waals surface area contributed by atoms with Crippen molar-refractivity contribution in [2.75, 3.05) is 0 Å². The summed E-state index contributed by atoms with van der Waals surface area (Å²) in [6.07, 6.45) is 2.56. The summed E-state index contributed by atoms with van der Waals surface area (Å²) >= 11 is 1.57. The number of benzene rings is 1. The topological polar surface area (TPSA) is 58.2 Å². The molecular formula is C19H22N2O2S. The van der Waals surface area contributed by atoms with Crippen LogP contribution in [0, 0.1) is 0 Å². The average Bonchev–Trinajstić information content (AvgIpc) is 3.23. The second-order valence-corrected chi connectivity index (χ2v) is 7.09. The smallest absolute Gasteiger partial charge is 0.243 e. The van der Waals surface area contributed by atoms with Crippen molar-refractivity contribution in [1.29, 1.82) is 0 Å². The molecule has 4 nitrogen and oxygen atoms in total. The summed E-state index contributed by atoms with van der Waals surface area (Å²) < 4.78 is 0. The SMILES string of the molecule is C[C@@H](C(=O)N[C@@H](Cc1ccccc1)C(=O)NC1CC1)c1ccsc1. The minimum Gasteiger partial charge on any atom is -0.352 e. The lowest BCUT2D eigenvalue weighted by Gasteiger charge is -2.20. The molecule has 2 atom stereocenters. The molecule has 126 valence electrons. The van der Waals surface area contributed by atoms with Gasteiger partial charge in [0.05, 0.1) is 5.92 Å². The highest BCUT2D eigenvalue weighted by Gasteiger charge is 2.29. The van der Waals surface area contributed by atoms with E-state index in [1.54, 1.807) is 11.3 Å². The summed E-state index contributed by atoms with van der Waals surface area (Å²) in [6, 6.07) is 11.5. The average molecular weight is 342 g/mol. The Kier molecular flexibility index (Phi) is 5.30. The van der Waals surface area contributed by atoms with Gasteiger partial charge >= 0.3 is 0 Å². The van der Waals surface area contributed by atoms with Crippen LogP contribution in [0.5, 0.6) is 0 Å². The summed E-state index contributed by atoms with van der Waals surface area (Å²) in [6.45, 7) is 1.87. The number of nitrogens with one attached hydrogen (secondary N) is 2. The van der Waals surface area contributed by atoms with Crippen molar-refractivity contribution in [2.24, 2.45) is 0 Å². The number of amides is 2. The first kappa shape index (κ1) is 16.7. The quantitative estimate of drug-likeness (QED) is 0.813. The molecule has 0 aliphatic heterocycles.